The Morgan fingerprint density at radius 2 is 1.16 bits per heavy atom. The first-order valence-electron chi connectivity index (χ1n) is 8.02. The van der Waals surface area contributed by atoms with Crippen molar-refractivity contribution in [2.45, 2.75) is 77.6 Å². The summed E-state index contributed by atoms with van der Waals surface area (Å²) in [5.41, 5.74) is 0. The maximum Gasteiger partial charge on any atom is 0.0791 e. The summed E-state index contributed by atoms with van der Waals surface area (Å²) in [5, 5.41) is 8.43. The van der Waals surface area contributed by atoms with Gasteiger partial charge < -0.3 is 5.11 Å². The Morgan fingerprint density at radius 1 is 0.632 bits per heavy atom. The Hall–Kier alpha value is -0.980. The molecule has 0 atom stereocenters. The smallest absolute Gasteiger partial charge is 0.0791 e. The van der Waals surface area contributed by atoms with Crippen LogP contribution >= 0.6 is 0 Å². The molecule has 0 heterocycles. The van der Waals surface area contributed by atoms with Crippen molar-refractivity contribution in [2.75, 3.05) is 0 Å². The molecular formula is C18H32O. The molecule has 0 saturated heterocycles. The summed E-state index contributed by atoms with van der Waals surface area (Å²) >= 11 is 0. The van der Waals surface area contributed by atoms with Gasteiger partial charge in [0.2, 0.25) is 0 Å². The fraction of sp³-hybridized carbons (Fsp3) is 0.667. The summed E-state index contributed by atoms with van der Waals surface area (Å²) in [7, 11) is 0. The van der Waals surface area contributed by atoms with E-state index in [2.05, 4.69) is 25.2 Å². The zero-order valence-electron chi connectivity index (χ0n) is 12.7. The first-order chi connectivity index (χ1) is 9.41. The lowest BCUT2D eigenvalue weighted by Crippen LogP contribution is -1.78. The SMILES string of the molecule is CCCCCC=CCCCCCCCC=CC=CO. The van der Waals surface area contributed by atoms with Gasteiger partial charge in [0.15, 0.2) is 0 Å². The van der Waals surface area contributed by atoms with Crippen LogP contribution in [0.3, 0.4) is 0 Å². The second-order valence-corrected chi connectivity index (χ2v) is 5.08. The highest BCUT2D eigenvalue weighted by atomic mass is 16.2. The topological polar surface area (TPSA) is 20.2 Å². The van der Waals surface area contributed by atoms with Gasteiger partial charge in [-0.25, -0.2) is 0 Å². The second kappa shape index (κ2) is 17.0. The Bertz CT molecular complexity index is 238. The third-order valence-electron chi connectivity index (χ3n) is 3.22. The molecule has 0 aromatic rings. The van der Waals surface area contributed by atoms with E-state index in [1.807, 2.05) is 6.08 Å². The maximum atomic E-state index is 8.43. The normalized spacial score (nSPS) is 12.3. The number of hydrogen-bond acceptors (Lipinski definition) is 1. The van der Waals surface area contributed by atoms with Crippen LogP contribution in [0.15, 0.2) is 36.6 Å². The molecular weight excluding hydrogens is 232 g/mol. The van der Waals surface area contributed by atoms with E-state index in [-0.39, 0.29) is 0 Å². The molecule has 0 aromatic heterocycles. The van der Waals surface area contributed by atoms with Crippen LogP contribution in [0.4, 0.5) is 0 Å². The van der Waals surface area contributed by atoms with E-state index >= 15 is 0 Å². The highest BCUT2D eigenvalue weighted by Gasteiger charge is 1.89. The quantitative estimate of drug-likeness (QED) is 0.175. The number of hydrogen-bond donors (Lipinski definition) is 1. The van der Waals surface area contributed by atoms with Crippen LogP contribution in [0.5, 0.6) is 0 Å². The van der Waals surface area contributed by atoms with Gasteiger partial charge in [0.05, 0.1) is 6.26 Å². The summed E-state index contributed by atoms with van der Waals surface area (Å²) in [6.07, 6.45) is 25.8. The minimum atomic E-state index is 1.08. The van der Waals surface area contributed by atoms with E-state index < -0.39 is 0 Å². The third-order valence-corrected chi connectivity index (χ3v) is 3.22. The maximum absolute atomic E-state index is 8.43. The number of unbranched alkanes of at least 4 members (excludes halogenated alkanes) is 9. The first-order valence-corrected chi connectivity index (χ1v) is 8.02. The van der Waals surface area contributed by atoms with Gasteiger partial charge in [-0.2, -0.15) is 0 Å². The van der Waals surface area contributed by atoms with E-state index in [1.165, 1.54) is 64.2 Å². The van der Waals surface area contributed by atoms with Crippen LogP contribution in [0.1, 0.15) is 77.6 Å². The molecule has 0 aliphatic carbocycles. The number of aliphatic hydroxyl groups is 1. The Kier molecular flexibility index (Phi) is 16.1. The molecule has 0 aromatic carbocycles. The summed E-state index contributed by atoms with van der Waals surface area (Å²) in [5.74, 6) is 0. The minimum Gasteiger partial charge on any atom is -0.516 e. The van der Waals surface area contributed by atoms with Crippen LogP contribution < -0.4 is 0 Å². The third kappa shape index (κ3) is 17.0. The average molecular weight is 264 g/mol. The number of allylic oxidation sites excluding steroid dienone is 5. The molecule has 0 fully saturated rings. The molecule has 1 nitrogen and oxygen atoms in total. The van der Waals surface area contributed by atoms with E-state index in [0.29, 0.717) is 0 Å². The van der Waals surface area contributed by atoms with Crippen molar-refractivity contribution in [3.8, 4) is 0 Å². The highest BCUT2D eigenvalue weighted by molar-refractivity contribution is 4.98. The highest BCUT2D eigenvalue weighted by Crippen LogP contribution is 2.08. The van der Waals surface area contributed by atoms with Crippen LogP contribution in [0, 0.1) is 0 Å². The minimum absolute atomic E-state index is 1.08. The van der Waals surface area contributed by atoms with Crippen LogP contribution in [-0.4, -0.2) is 5.11 Å². The molecule has 19 heavy (non-hydrogen) atoms. The molecule has 0 aliphatic rings. The van der Waals surface area contributed by atoms with Gasteiger partial charge in [0.25, 0.3) is 0 Å². The summed E-state index contributed by atoms with van der Waals surface area (Å²) < 4.78 is 0. The Balaban J connectivity index is 3.10. The van der Waals surface area contributed by atoms with E-state index in [1.54, 1.807) is 6.08 Å². The predicted octanol–water partition coefficient (Wildman–Crippen LogP) is 6.48. The van der Waals surface area contributed by atoms with E-state index in [9.17, 15) is 0 Å². The van der Waals surface area contributed by atoms with Gasteiger partial charge in [-0.15, -0.1) is 0 Å². The molecule has 0 spiro atoms. The Morgan fingerprint density at radius 3 is 1.74 bits per heavy atom. The largest absolute Gasteiger partial charge is 0.516 e. The van der Waals surface area contributed by atoms with E-state index in [4.69, 9.17) is 5.11 Å². The van der Waals surface area contributed by atoms with Crippen LogP contribution in [-0.2, 0) is 0 Å². The lowest BCUT2D eigenvalue weighted by Gasteiger charge is -1.98. The zero-order valence-corrected chi connectivity index (χ0v) is 12.7. The molecule has 110 valence electrons. The van der Waals surface area contributed by atoms with E-state index in [0.717, 1.165) is 12.7 Å². The van der Waals surface area contributed by atoms with Crippen molar-refractivity contribution in [1.29, 1.82) is 0 Å². The van der Waals surface area contributed by atoms with Crippen molar-refractivity contribution < 1.29 is 5.11 Å². The fourth-order valence-electron chi connectivity index (χ4n) is 2.03. The second-order valence-electron chi connectivity index (χ2n) is 5.08. The molecule has 0 aliphatic heterocycles. The van der Waals surface area contributed by atoms with Gasteiger partial charge in [-0.05, 0) is 44.6 Å². The standard InChI is InChI=1S/C18H32O/c1-2-3-4-5-6-7-8-9-10-11-12-13-14-15-16-17-18-19/h6-7,15-19H,2-5,8-14H2,1H3. The van der Waals surface area contributed by atoms with Gasteiger partial charge >= 0.3 is 0 Å². The number of rotatable bonds is 13. The van der Waals surface area contributed by atoms with Crippen LogP contribution in [0.25, 0.3) is 0 Å². The van der Waals surface area contributed by atoms with Crippen molar-refractivity contribution in [3.63, 3.8) is 0 Å². The monoisotopic (exact) mass is 264 g/mol. The number of aliphatic hydroxyl groups excluding tert-OH is 1. The molecule has 0 amide bonds. The van der Waals surface area contributed by atoms with Crippen molar-refractivity contribution in [1.82, 2.24) is 0 Å². The molecule has 0 unspecified atom stereocenters. The first kappa shape index (κ1) is 18.0. The lowest BCUT2D eigenvalue weighted by molar-refractivity contribution is 0.473. The molecule has 0 rings (SSSR count). The molecule has 0 radical (unpaired) electrons. The van der Waals surface area contributed by atoms with Gasteiger partial charge in [-0.1, -0.05) is 63.3 Å². The van der Waals surface area contributed by atoms with Gasteiger partial charge in [0, 0.05) is 0 Å². The van der Waals surface area contributed by atoms with Crippen LogP contribution in [0.2, 0.25) is 0 Å². The average Bonchev–Trinajstić information content (AvgIpc) is 2.43. The van der Waals surface area contributed by atoms with Crippen molar-refractivity contribution in [3.05, 3.63) is 36.6 Å². The molecule has 1 N–H and O–H groups in total. The molecule has 0 bridgehead atoms. The van der Waals surface area contributed by atoms with Crippen molar-refractivity contribution in [2.24, 2.45) is 0 Å². The lowest BCUT2D eigenvalue weighted by atomic mass is 10.1. The predicted molar refractivity (Wildman–Crippen MR) is 86.5 cm³/mol. The molecule has 0 saturated carbocycles. The van der Waals surface area contributed by atoms with Gasteiger partial charge in [0.1, 0.15) is 0 Å². The summed E-state index contributed by atoms with van der Waals surface area (Å²) in [6, 6.07) is 0. The van der Waals surface area contributed by atoms with Crippen molar-refractivity contribution >= 4 is 0 Å². The molecule has 1 heteroatoms. The zero-order chi connectivity index (χ0) is 14.0. The van der Waals surface area contributed by atoms with Gasteiger partial charge in [-0.3, -0.25) is 0 Å². The Labute approximate surface area is 120 Å². The summed E-state index contributed by atoms with van der Waals surface area (Å²) in [4.78, 5) is 0. The summed E-state index contributed by atoms with van der Waals surface area (Å²) in [6.45, 7) is 2.25. The fourth-order valence-corrected chi connectivity index (χ4v) is 2.03.